The number of sulfonamides is 1. The van der Waals surface area contributed by atoms with Gasteiger partial charge in [-0.3, -0.25) is 14.7 Å². The van der Waals surface area contributed by atoms with Gasteiger partial charge in [0.2, 0.25) is 0 Å². The Morgan fingerprint density at radius 2 is 1.48 bits per heavy atom. The summed E-state index contributed by atoms with van der Waals surface area (Å²) in [6.07, 6.45) is 4.89. The summed E-state index contributed by atoms with van der Waals surface area (Å²) >= 11 is 0. The fraction of sp³-hybridized carbons (Fsp3) is 0. The minimum Gasteiger partial charge on any atom is -0.399 e. The van der Waals surface area contributed by atoms with Gasteiger partial charge in [-0.25, -0.2) is 13.4 Å². The number of benzene rings is 2. The summed E-state index contributed by atoms with van der Waals surface area (Å²) in [5, 5.41) is 0. The van der Waals surface area contributed by atoms with Crippen LogP contribution in [0, 0.1) is 0 Å². The zero-order valence-corrected chi connectivity index (χ0v) is 15.0. The number of pyridine rings is 1. The Kier molecular flexibility index (Phi) is 5.58. The average molecular weight is 379 g/mol. The summed E-state index contributed by atoms with van der Waals surface area (Å²) in [7, 11) is -3.71. The standard InChI is InChI=1S/C14H12N4O2S.C5H5N/c15-10-5-7-11(8-6-10)21(19,20)18-14-9-16-12-3-1-2-4-13(12)17-14;1-2-4-6-5-3-1/h1-9H,15H2,(H,17,18);1-5H. The van der Waals surface area contributed by atoms with E-state index in [4.69, 9.17) is 5.73 Å². The molecule has 4 rings (SSSR count). The van der Waals surface area contributed by atoms with E-state index in [1.165, 1.54) is 30.5 Å². The van der Waals surface area contributed by atoms with Crippen molar-refractivity contribution < 1.29 is 8.42 Å². The number of hydrogen-bond donors (Lipinski definition) is 2. The summed E-state index contributed by atoms with van der Waals surface area (Å²) in [5.41, 5.74) is 7.37. The monoisotopic (exact) mass is 379 g/mol. The van der Waals surface area contributed by atoms with Crippen LogP contribution in [0.25, 0.3) is 11.0 Å². The second kappa shape index (κ2) is 8.24. The molecule has 8 heteroatoms. The molecule has 2 aromatic heterocycles. The lowest BCUT2D eigenvalue weighted by Gasteiger charge is -2.08. The van der Waals surface area contributed by atoms with Crippen molar-refractivity contribution in [1.29, 1.82) is 0 Å². The van der Waals surface area contributed by atoms with E-state index in [0.29, 0.717) is 16.7 Å². The van der Waals surface area contributed by atoms with E-state index in [0.717, 1.165) is 0 Å². The van der Waals surface area contributed by atoms with Crippen molar-refractivity contribution in [3.63, 3.8) is 0 Å². The van der Waals surface area contributed by atoms with Crippen molar-refractivity contribution in [1.82, 2.24) is 15.0 Å². The molecule has 0 aliphatic carbocycles. The molecule has 0 fully saturated rings. The molecule has 0 unspecified atom stereocenters. The maximum absolute atomic E-state index is 12.2. The largest absolute Gasteiger partial charge is 0.399 e. The highest BCUT2D eigenvalue weighted by Crippen LogP contribution is 2.17. The number of nitrogens with two attached hydrogens (primary N) is 1. The molecule has 0 saturated carbocycles. The van der Waals surface area contributed by atoms with Gasteiger partial charge in [0.05, 0.1) is 22.1 Å². The first-order chi connectivity index (χ1) is 13.0. The first-order valence-electron chi connectivity index (χ1n) is 8.00. The Hall–Kier alpha value is -3.52. The summed E-state index contributed by atoms with van der Waals surface area (Å²) in [5.74, 6) is 0.172. The Bertz CT molecular complexity index is 1090. The minimum absolute atomic E-state index is 0.117. The van der Waals surface area contributed by atoms with Gasteiger partial charge < -0.3 is 5.73 Å². The van der Waals surface area contributed by atoms with E-state index >= 15 is 0 Å². The number of anilines is 2. The highest BCUT2D eigenvalue weighted by Gasteiger charge is 2.15. The molecule has 0 aliphatic heterocycles. The molecule has 0 amide bonds. The Labute approximate surface area is 157 Å². The Balaban J connectivity index is 0.000000299. The van der Waals surface area contributed by atoms with Crippen molar-refractivity contribution >= 4 is 32.6 Å². The van der Waals surface area contributed by atoms with Crippen LogP contribution < -0.4 is 10.5 Å². The van der Waals surface area contributed by atoms with E-state index < -0.39 is 10.0 Å². The van der Waals surface area contributed by atoms with Crippen molar-refractivity contribution in [3.8, 4) is 0 Å². The van der Waals surface area contributed by atoms with Crippen LogP contribution in [0.5, 0.6) is 0 Å². The Morgan fingerprint density at radius 3 is 2.07 bits per heavy atom. The quantitative estimate of drug-likeness (QED) is 0.529. The van der Waals surface area contributed by atoms with Crippen molar-refractivity contribution in [2.45, 2.75) is 4.90 Å². The van der Waals surface area contributed by atoms with Gasteiger partial charge in [-0.2, -0.15) is 0 Å². The van der Waals surface area contributed by atoms with Crippen molar-refractivity contribution in [3.05, 3.63) is 85.3 Å². The maximum Gasteiger partial charge on any atom is 0.263 e. The second-order valence-electron chi connectivity index (χ2n) is 5.44. The molecule has 7 nitrogen and oxygen atoms in total. The number of aromatic nitrogens is 3. The van der Waals surface area contributed by atoms with Crippen LogP contribution in [0.1, 0.15) is 0 Å². The molecule has 27 heavy (non-hydrogen) atoms. The van der Waals surface area contributed by atoms with Gasteiger partial charge in [0, 0.05) is 18.1 Å². The number of rotatable bonds is 3. The highest BCUT2D eigenvalue weighted by atomic mass is 32.2. The van der Waals surface area contributed by atoms with Crippen LogP contribution in [0.3, 0.4) is 0 Å². The molecule has 2 aromatic carbocycles. The lowest BCUT2D eigenvalue weighted by molar-refractivity contribution is 0.601. The molecule has 0 aliphatic rings. The third-order valence-corrected chi connectivity index (χ3v) is 4.82. The minimum atomic E-state index is -3.71. The van der Waals surface area contributed by atoms with Crippen molar-refractivity contribution in [2.75, 3.05) is 10.5 Å². The maximum atomic E-state index is 12.2. The lowest BCUT2D eigenvalue weighted by Crippen LogP contribution is -2.14. The van der Waals surface area contributed by atoms with Gasteiger partial charge in [-0.05, 0) is 48.5 Å². The molecule has 0 bridgehead atoms. The first kappa shape index (κ1) is 18.3. The van der Waals surface area contributed by atoms with E-state index in [9.17, 15) is 8.42 Å². The third-order valence-electron chi connectivity index (χ3n) is 3.44. The smallest absolute Gasteiger partial charge is 0.263 e. The molecule has 3 N–H and O–H groups in total. The van der Waals surface area contributed by atoms with Crippen LogP contribution >= 0.6 is 0 Å². The summed E-state index contributed by atoms with van der Waals surface area (Å²) in [6.45, 7) is 0. The number of para-hydroxylation sites is 2. The zero-order chi connectivity index (χ0) is 19.1. The number of nitrogens with one attached hydrogen (secondary N) is 1. The fourth-order valence-corrected chi connectivity index (χ4v) is 3.15. The SMILES string of the molecule is Nc1ccc(S(=O)(=O)Nc2cnc3ccccc3n2)cc1.c1ccncc1. The van der Waals surface area contributed by atoms with Gasteiger partial charge in [0.15, 0.2) is 5.82 Å². The molecule has 0 spiro atoms. The van der Waals surface area contributed by atoms with Gasteiger partial charge >= 0.3 is 0 Å². The van der Waals surface area contributed by atoms with Gasteiger partial charge in [-0.1, -0.05) is 18.2 Å². The van der Waals surface area contributed by atoms with Crippen molar-refractivity contribution in [2.24, 2.45) is 0 Å². The summed E-state index contributed by atoms with van der Waals surface area (Å²) < 4.78 is 26.9. The van der Waals surface area contributed by atoms with E-state index in [-0.39, 0.29) is 10.7 Å². The predicted octanol–water partition coefficient (Wildman–Crippen LogP) is 3.09. The summed E-state index contributed by atoms with van der Waals surface area (Å²) in [6, 6.07) is 18.9. The summed E-state index contributed by atoms with van der Waals surface area (Å²) in [4.78, 5) is 12.3. The second-order valence-corrected chi connectivity index (χ2v) is 7.13. The van der Waals surface area contributed by atoms with Crippen LogP contribution in [-0.4, -0.2) is 23.4 Å². The normalized spacial score (nSPS) is 10.7. The molecule has 0 saturated heterocycles. The van der Waals surface area contributed by atoms with Crippen LogP contribution in [0.2, 0.25) is 0 Å². The number of nitrogen functional groups attached to an aromatic ring is 1. The Morgan fingerprint density at radius 1 is 0.815 bits per heavy atom. The predicted molar refractivity (Wildman–Crippen MR) is 105 cm³/mol. The number of fused-ring (bicyclic) bond motifs is 1. The fourth-order valence-electron chi connectivity index (χ4n) is 2.16. The molecule has 4 aromatic rings. The van der Waals surface area contributed by atoms with Crippen LogP contribution in [0.4, 0.5) is 11.5 Å². The lowest BCUT2D eigenvalue weighted by atomic mass is 10.3. The van der Waals surface area contributed by atoms with Gasteiger partial charge in [-0.15, -0.1) is 0 Å². The zero-order valence-electron chi connectivity index (χ0n) is 14.2. The van der Waals surface area contributed by atoms with Gasteiger partial charge in [0.25, 0.3) is 10.0 Å². The molecule has 136 valence electrons. The van der Waals surface area contributed by atoms with E-state index in [1.54, 1.807) is 24.5 Å². The molecule has 0 radical (unpaired) electrons. The topological polar surface area (TPSA) is 111 Å². The first-order valence-corrected chi connectivity index (χ1v) is 9.48. The molecular formula is C19H17N5O2S. The van der Waals surface area contributed by atoms with E-state index in [2.05, 4.69) is 19.7 Å². The number of hydrogen-bond acceptors (Lipinski definition) is 6. The molecule has 0 atom stereocenters. The third kappa shape index (κ3) is 4.99. The van der Waals surface area contributed by atoms with Crippen LogP contribution in [-0.2, 0) is 10.0 Å². The molecule has 2 heterocycles. The molecular weight excluding hydrogens is 362 g/mol. The highest BCUT2D eigenvalue weighted by molar-refractivity contribution is 7.92. The number of nitrogens with zero attached hydrogens (tertiary/aromatic N) is 3. The average Bonchev–Trinajstić information content (AvgIpc) is 2.70. The van der Waals surface area contributed by atoms with Crippen LogP contribution in [0.15, 0.2) is 90.2 Å². The van der Waals surface area contributed by atoms with Gasteiger partial charge in [0.1, 0.15) is 0 Å². The van der Waals surface area contributed by atoms with E-state index in [1.807, 2.05) is 30.3 Å².